The Bertz CT molecular complexity index is 1080. The van der Waals surface area contributed by atoms with Crippen molar-refractivity contribution in [3.63, 3.8) is 0 Å². The quantitative estimate of drug-likeness (QED) is 0.647. The van der Waals surface area contributed by atoms with Crippen molar-refractivity contribution in [3.8, 4) is 5.75 Å². The van der Waals surface area contributed by atoms with Crippen LogP contribution in [0.5, 0.6) is 5.75 Å². The Hall–Kier alpha value is -3.12. The third-order valence-electron chi connectivity index (χ3n) is 4.47. The maximum absolute atomic E-state index is 12.8. The lowest BCUT2D eigenvalue weighted by atomic mass is 10.1. The summed E-state index contributed by atoms with van der Waals surface area (Å²) in [5, 5.41) is 1.69. The van der Waals surface area contributed by atoms with Crippen LogP contribution in [0, 0.1) is 0 Å². The summed E-state index contributed by atoms with van der Waals surface area (Å²) in [4.78, 5) is 25.7. The van der Waals surface area contributed by atoms with Crippen LogP contribution in [-0.4, -0.2) is 64.2 Å². The fourth-order valence-corrected chi connectivity index (χ4v) is 3.82. The molecule has 1 N–H and O–H groups in total. The van der Waals surface area contributed by atoms with Crippen LogP contribution in [0.15, 0.2) is 53.4 Å². The minimum absolute atomic E-state index is 0.0566. The van der Waals surface area contributed by atoms with Crippen molar-refractivity contribution in [1.29, 1.82) is 0 Å². The highest BCUT2D eigenvalue weighted by atomic mass is 32.2. The highest BCUT2D eigenvalue weighted by molar-refractivity contribution is 7.87. The van der Waals surface area contributed by atoms with E-state index >= 15 is 0 Å². The fraction of sp³-hybridized carbons (Fsp3) is 0.300. The van der Waals surface area contributed by atoms with Gasteiger partial charge >= 0.3 is 16.3 Å². The summed E-state index contributed by atoms with van der Waals surface area (Å²) in [6, 6.07) is 10.0. The first-order valence-corrected chi connectivity index (χ1v) is 10.8. The van der Waals surface area contributed by atoms with Crippen LogP contribution in [0.4, 0.5) is 13.2 Å². The van der Waals surface area contributed by atoms with E-state index < -0.39 is 34.7 Å². The molecule has 12 heteroatoms. The van der Waals surface area contributed by atoms with Crippen LogP contribution in [0.1, 0.15) is 20.7 Å². The second-order valence-electron chi connectivity index (χ2n) is 6.76. The van der Waals surface area contributed by atoms with E-state index in [2.05, 4.69) is 0 Å². The summed E-state index contributed by atoms with van der Waals surface area (Å²) in [5.74, 6) is -1.58. The molecule has 0 bridgehead atoms. The normalized spacial score (nSPS) is 14.7. The minimum atomic E-state index is -4.57. The van der Waals surface area contributed by atoms with E-state index in [1.807, 2.05) is 0 Å². The molecule has 2 aromatic rings. The molecule has 1 fully saturated rings. The molecule has 0 atom stereocenters. The average molecular weight is 472 g/mol. The molecule has 0 radical (unpaired) electrons. The number of rotatable bonds is 6. The summed E-state index contributed by atoms with van der Waals surface area (Å²) in [5.41, 5.74) is -0.0998. The van der Waals surface area contributed by atoms with Crippen LogP contribution < -0.4 is 9.50 Å². The predicted octanol–water partition coefficient (Wildman–Crippen LogP) is 2.22. The van der Waals surface area contributed by atoms with Crippen LogP contribution in [0.25, 0.3) is 0 Å². The lowest BCUT2D eigenvalue weighted by Crippen LogP contribution is -2.40. The monoisotopic (exact) mass is 472 g/mol. The van der Waals surface area contributed by atoms with Gasteiger partial charge in [0.2, 0.25) is 0 Å². The number of nitrogens with one attached hydrogen (secondary N) is 1. The van der Waals surface area contributed by atoms with E-state index in [-0.39, 0.29) is 21.8 Å². The Balaban J connectivity index is 1.75. The summed E-state index contributed by atoms with van der Waals surface area (Å²) in [6.45, 7) is -0.0512. The maximum atomic E-state index is 12.8. The second kappa shape index (κ2) is 9.57. The van der Waals surface area contributed by atoms with Crippen molar-refractivity contribution in [2.75, 3.05) is 32.8 Å². The van der Waals surface area contributed by atoms with Gasteiger partial charge in [-0.3, -0.25) is 9.59 Å². The maximum Gasteiger partial charge on any atom is 0.405 e. The number of carbonyl (C=O) groups excluding carboxylic acids is 2. The minimum Gasteiger partial charge on any atom is -0.378 e. The first-order chi connectivity index (χ1) is 15.1. The molecule has 32 heavy (non-hydrogen) atoms. The molecule has 2 amide bonds. The molecule has 0 saturated carbocycles. The van der Waals surface area contributed by atoms with Crippen molar-refractivity contribution in [3.05, 3.63) is 59.7 Å². The van der Waals surface area contributed by atoms with Crippen molar-refractivity contribution in [2.45, 2.75) is 11.1 Å². The van der Waals surface area contributed by atoms with Gasteiger partial charge in [0.25, 0.3) is 11.8 Å². The Morgan fingerprint density at radius 3 is 2.28 bits per heavy atom. The molecule has 1 saturated heterocycles. The van der Waals surface area contributed by atoms with E-state index in [4.69, 9.17) is 8.92 Å². The molecule has 0 spiro atoms. The number of ether oxygens (including phenoxy) is 1. The van der Waals surface area contributed by atoms with Gasteiger partial charge in [0.1, 0.15) is 11.4 Å². The standard InChI is InChI=1S/C20H19F3N2O6S/c21-20(22,23)13-24-18(26)14-5-7-15(8-6-14)32(28,29)31-17-4-2-1-3-16(17)19(27)25-9-11-30-12-10-25/h1-8H,9-13H2,(H,24,26). The number of para-hydroxylation sites is 1. The van der Waals surface area contributed by atoms with Crippen LogP contribution in [0.2, 0.25) is 0 Å². The van der Waals surface area contributed by atoms with E-state index in [0.29, 0.717) is 26.3 Å². The Labute approximate surface area is 182 Å². The third kappa shape index (κ3) is 5.98. The Morgan fingerprint density at radius 2 is 1.66 bits per heavy atom. The number of alkyl halides is 3. The number of morpholine rings is 1. The summed E-state index contributed by atoms with van der Waals surface area (Å²) >= 11 is 0. The first kappa shape index (κ1) is 23.5. The summed E-state index contributed by atoms with van der Waals surface area (Å²) in [6.07, 6.45) is -4.57. The van der Waals surface area contributed by atoms with Gasteiger partial charge in [0.15, 0.2) is 5.75 Å². The van der Waals surface area contributed by atoms with Gasteiger partial charge in [-0.2, -0.15) is 21.6 Å². The van der Waals surface area contributed by atoms with Gasteiger partial charge < -0.3 is 19.1 Å². The second-order valence-corrected chi connectivity index (χ2v) is 8.31. The predicted molar refractivity (Wildman–Crippen MR) is 106 cm³/mol. The number of carbonyl (C=O) groups is 2. The van der Waals surface area contributed by atoms with Crippen molar-refractivity contribution in [1.82, 2.24) is 10.2 Å². The zero-order valence-corrected chi connectivity index (χ0v) is 17.4. The molecule has 1 aliphatic heterocycles. The van der Waals surface area contributed by atoms with Crippen molar-refractivity contribution in [2.24, 2.45) is 0 Å². The number of amides is 2. The van der Waals surface area contributed by atoms with Gasteiger partial charge in [-0.1, -0.05) is 12.1 Å². The van der Waals surface area contributed by atoms with E-state index in [1.165, 1.54) is 23.1 Å². The lowest BCUT2D eigenvalue weighted by molar-refractivity contribution is -0.123. The van der Waals surface area contributed by atoms with Crippen LogP contribution in [-0.2, 0) is 14.9 Å². The van der Waals surface area contributed by atoms with Gasteiger partial charge in [0.05, 0.1) is 18.8 Å². The zero-order valence-electron chi connectivity index (χ0n) is 16.6. The molecule has 172 valence electrons. The molecule has 1 heterocycles. The topological polar surface area (TPSA) is 102 Å². The van der Waals surface area contributed by atoms with E-state index in [1.54, 1.807) is 11.4 Å². The lowest BCUT2D eigenvalue weighted by Gasteiger charge is -2.27. The number of halogens is 3. The van der Waals surface area contributed by atoms with Gasteiger partial charge in [-0.15, -0.1) is 0 Å². The van der Waals surface area contributed by atoms with E-state index in [9.17, 15) is 31.2 Å². The smallest absolute Gasteiger partial charge is 0.378 e. The van der Waals surface area contributed by atoms with Crippen LogP contribution >= 0.6 is 0 Å². The molecular weight excluding hydrogens is 453 g/mol. The Morgan fingerprint density at radius 1 is 1.03 bits per heavy atom. The first-order valence-electron chi connectivity index (χ1n) is 9.42. The summed E-state index contributed by atoms with van der Waals surface area (Å²) in [7, 11) is -4.39. The SMILES string of the molecule is O=C(NCC(F)(F)F)c1ccc(S(=O)(=O)Oc2ccccc2C(=O)N2CCOCC2)cc1. The molecule has 3 rings (SSSR count). The van der Waals surface area contributed by atoms with Gasteiger partial charge in [-0.25, -0.2) is 0 Å². The molecule has 8 nitrogen and oxygen atoms in total. The zero-order chi connectivity index (χ0) is 23.4. The van der Waals surface area contributed by atoms with Crippen LogP contribution in [0.3, 0.4) is 0 Å². The van der Waals surface area contributed by atoms with E-state index in [0.717, 1.165) is 24.3 Å². The average Bonchev–Trinajstić information content (AvgIpc) is 2.77. The molecule has 1 aliphatic rings. The molecule has 0 unspecified atom stereocenters. The Kier molecular flexibility index (Phi) is 7.04. The van der Waals surface area contributed by atoms with Crippen molar-refractivity contribution >= 4 is 21.9 Å². The molecule has 2 aromatic carbocycles. The largest absolute Gasteiger partial charge is 0.405 e. The van der Waals surface area contributed by atoms with Gasteiger partial charge in [0, 0.05) is 18.7 Å². The fourth-order valence-electron chi connectivity index (χ4n) is 2.87. The number of benzene rings is 2. The van der Waals surface area contributed by atoms with Gasteiger partial charge in [-0.05, 0) is 36.4 Å². The molecule has 0 aromatic heterocycles. The molecular formula is C20H19F3N2O6S. The highest BCUT2D eigenvalue weighted by Gasteiger charge is 2.28. The van der Waals surface area contributed by atoms with Crippen molar-refractivity contribution < 1.29 is 40.1 Å². The third-order valence-corrected chi connectivity index (χ3v) is 5.72. The number of hydrogen-bond acceptors (Lipinski definition) is 6. The highest BCUT2D eigenvalue weighted by Crippen LogP contribution is 2.25. The number of nitrogens with zero attached hydrogens (tertiary/aromatic N) is 1. The number of hydrogen-bond donors (Lipinski definition) is 1. The molecule has 0 aliphatic carbocycles. The summed E-state index contributed by atoms with van der Waals surface area (Å²) < 4.78 is 72.4.